The van der Waals surface area contributed by atoms with Crippen molar-refractivity contribution in [1.29, 1.82) is 0 Å². The van der Waals surface area contributed by atoms with Crippen LogP contribution in [0.3, 0.4) is 0 Å². The number of hydrogen-bond donors (Lipinski definition) is 3. The number of aryl methyl sites for hydroxylation is 1. The van der Waals surface area contributed by atoms with E-state index < -0.39 is 12.1 Å². The molecule has 6 nitrogen and oxygen atoms in total. The van der Waals surface area contributed by atoms with E-state index in [1.807, 2.05) is 54.2 Å². The monoisotopic (exact) mass is 339 g/mol. The van der Waals surface area contributed by atoms with Gasteiger partial charge >= 0.3 is 6.03 Å². The lowest BCUT2D eigenvalue weighted by Crippen LogP contribution is -2.32. The third kappa shape index (κ3) is 3.75. The van der Waals surface area contributed by atoms with E-state index in [1.54, 1.807) is 19.2 Å². The van der Waals surface area contributed by atoms with E-state index in [-0.39, 0.29) is 6.54 Å². The quantitative estimate of drug-likeness (QED) is 0.669. The van der Waals surface area contributed by atoms with Crippen molar-refractivity contribution in [3.05, 3.63) is 60.3 Å². The highest BCUT2D eigenvalue weighted by atomic mass is 16.5. The Kier molecular flexibility index (Phi) is 4.90. The summed E-state index contributed by atoms with van der Waals surface area (Å²) in [5.41, 5.74) is 2.43. The molecule has 1 aromatic heterocycles. The molecule has 130 valence electrons. The summed E-state index contributed by atoms with van der Waals surface area (Å²) in [5.74, 6) is 0.577. The second-order valence-electron chi connectivity index (χ2n) is 5.80. The molecule has 3 rings (SSSR count). The minimum Gasteiger partial charge on any atom is -0.495 e. The standard InChI is InChI=1S/C19H21N3O3/c1-22-10-9-13-11-14(7-8-16(13)22)17(23)12-20-19(24)21-15-5-3-4-6-18(15)25-2/h3-11,17,23H,12H2,1-2H3,(H2,20,21,24). The van der Waals surface area contributed by atoms with Crippen LogP contribution >= 0.6 is 0 Å². The van der Waals surface area contributed by atoms with Crippen LogP contribution in [0.25, 0.3) is 10.9 Å². The Morgan fingerprint density at radius 2 is 2.04 bits per heavy atom. The third-order valence-corrected chi connectivity index (χ3v) is 4.11. The maximum atomic E-state index is 12.0. The number of ether oxygens (including phenoxy) is 1. The van der Waals surface area contributed by atoms with Crippen LogP contribution in [0.5, 0.6) is 5.75 Å². The van der Waals surface area contributed by atoms with Crippen LogP contribution in [0.4, 0.5) is 10.5 Å². The zero-order valence-corrected chi connectivity index (χ0v) is 14.2. The molecule has 6 heteroatoms. The lowest BCUT2D eigenvalue weighted by atomic mass is 10.1. The van der Waals surface area contributed by atoms with Gasteiger partial charge in [0.25, 0.3) is 0 Å². The molecule has 0 radical (unpaired) electrons. The molecule has 25 heavy (non-hydrogen) atoms. The van der Waals surface area contributed by atoms with Gasteiger partial charge in [0.1, 0.15) is 5.75 Å². The molecular formula is C19H21N3O3. The van der Waals surface area contributed by atoms with Crippen molar-refractivity contribution in [3.63, 3.8) is 0 Å². The first-order valence-electron chi connectivity index (χ1n) is 7.99. The number of carbonyl (C=O) groups excluding carboxylic acids is 1. The highest BCUT2D eigenvalue weighted by Crippen LogP contribution is 2.23. The largest absolute Gasteiger partial charge is 0.495 e. The van der Waals surface area contributed by atoms with Crippen molar-refractivity contribution < 1.29 is 14.6 Å². The van der Waals surface area contributed by atoms with Crippen LogP contribution < -0.4 is 15.4 Å². The molecule has 1 heterocycles. The van der Waals surface area contributed by atoms with E-state index in [9.17, 15) is 9.90 Å². The van der Waals surface area contributed by atoms with Crippen molar-refractivity contribution >= 4 is 22.6 Å². The van der Waals surface area contributed by atoms with Gasteiger partial charge in [-0.15, -0.1) is 0 Å². The fraction of sp³-hybridized carbons (Fsp3) is 0.211. The van der Waals surface area contributed by atoms with Gasteiger partial charge in [0.2, 0.25) is 0 Å². The number of hydrogen-bond acceptors (Lipinski definition) is 3. The van der Waals surface area contributed by atoms with Gasteiger partial charge in [-0.3, -0.25) is 0 Å². The van der Waals surface area contributed by atoms with Gasteiger partial charge in [0.05, 0.1) is 18.9 Å². The zero-order chi connectivity index (χ0) is 17.8. The van der Waals surface area contributed by atoms with Crippen molar-refractivity contribution in [3.8, 4) is 5.75 Å². The summed E-state index contributed by atoms with van der Waals surface area (Å²) in [6.45, 7) is 0.110. The number of aliphatic hydroxyl groups is 1. The van der Waals surface area contributed by atoms with Gasteiger partial charge in [-0.2, -0.15) is 0 Å². The van der Waals surface area contributed by atoms with E-state index >= 15 is 0 Å². The normalized spacial score (nSPS) is 12.0. The fourth-order valence-electron chi connectivity index (χ4n) is 2.73. The smallest absolute Gasteiger partial charge is 0.319 e. The van der Waals surface area contributed by atoms with E-state index in [0.29, 0.717) is 11.4 Å². The Morgan fingerprint density at radius 3 is 2.84 bits per heavy atom. The van der Waals surface area contributed by atoms with E-state index in [4.69, 9.17) is 4.74 Å². The van der Waals surface area contributed by atoms with Crippen molar-refractivity contribution in [2.75, 3.05) is 19.0 Å². The van der Waals surface area contributed by atoms with Crippen LogP contribution in [-0.2, 0) is 7.05 Å². The molecule has 1 unspecified atom stereocenters. The second-order valence-corrected chi connectivity index (χ2v) is 5.80. The van der Waals surface area contributed by atoms with Crippen LogP contribution in [-0.4, -0.2) is 29.4 Å². The van der Waals surface area contributed by atoms with Gasteiger partial charge in [0.15, 0.2) is 0 Å². The predicted octanol–water partition coefficient (Wildman–Crippen LogP) is 3.04. The molecule has 0 spiro atoms. The number of para-hydroxylation sites is 2. The molecule has 2 aromatic carbocycles. The number of amides is 2. The Bertz CT molecular complexity index is 889. The number of benzene rings is 2. The van der Waals surface area contributed by atoms with Crippen LogP contribution in [0.2, 0.25) is 0 Å². The summed E-state index contributed by atoms with van der Waals surface area (Å²) in [6, 6.07) is 14.5. The van der Waals surface area contributed by atoms with Crippen molar-refractivity contribution in [1.82, 2.24) is 9.88 Å². The molecular weight excluding hydrogens is 318 g/mol. The molecule has 0 aliphatic heterocycles. The number of aliphatic hydroxyl groups excluding tert-OH is 1. The summed E-state index contributed by atoms with van der Waals surface area (Å²) in [5, 5.41) is 16.8. The Balaban J connectivity index is 1.60. The van der Waals surface area contributed by atoms with Gasteiger partial charge < -0.3 is 25.0 Å². The van der Waals surface area contributed by atoms with Crippen molar-refractivity contribution in [2.24, 2.45) is 7.05 Å². The first kappa shape index (κ1) is 16.9. The minimum atomic E-state index is -0.784. The summed E-state index contributed by atoms with van der Waals surface area (Å²) in [6.07, 6.45) is 1.19. The zero-order valence-electron chi connectivity index (χ0n) is 14.2. The molecule has 0 fully saturated rings. The van der Waals surface area contributed by atoms with Gasteiger partial charge in [-0.05, 0) is 41.3 Å². The molecule has 0 saturated heterocycles. The first-order valence-corrected chi connectivity index (χ1v) is 7.99. The maximum Gasteiger partial charge on any atom is 0.319 e. The van der Waals surface area contributed by atoms with Gasteiger partial charge in [0, 0.05) is 25.3 Å². The number of rotatable bonds is 5. The topological polar surface area (TPSA) is 75.5 Å². The Labute approximate surface area is 146 Å². The molecule has 3 aromatic rings. The lowest BCUT2D eigenvalue weighted by molar-refractivity contribution is 0.175. The summed E-state index contributed by atoms with van der Waals surface area (Å²) < 4.78 is 7.21. The number of fused-ring (bicyclic) bond motifs is 1. The SMILES string of the molecule is COc1ccccc1NC(=O)NCC(O)c1ccc2c(ccn2C)c1. The fourth-order valence-corrected chi connectivity index (χ4v) is 2.73. The third-order valence-electron chi connectivity index (χ3n) is 4.11. The molecule has 0 bridgehead atoms. The first-order chi connectivity index (χ1) is 12.1. The molecule has 0 aliphatic rings. The average Bonchev–Trinajstić information content (AvgIpc) is 3.00. The van der Waals surface area contributed by atoms with E-state index in [2.05, 4.69) is 10.6 Å². The van der Waals surface area contributed by atoms with Crippen molar-refractivity contribution in [2.45, 2.75) is 6.10 Å². The van der Waals surface area contributed by atoms with E-state index in [1.165, 1.54) is 0 Å². The summed E-state index contributed by atoms with van der Waals surface area (Å²) >= 11 is 0. The van der Waals surface area contributed by atoms with E-state index in [0.717, 1.165) is 16.5 Å². The number of carbonyl (C=O) groups is 1. The predicted molar refractivity (Wildman–Crippen MR) is 97.9 cm³/mol. The lowest BCUT2D eigenvalue weighted by Gasteiger charge is -2.14. The molecule has 0 saturated carbocycles. The summed E-state index contributed by atoms with van der Waals surface area (Å²) in [4.78, 5) is 12.0. The highest BCUT2D eigenvalue weighted by Gasteiger charge is 2.12. The minimum absolute atomic E-state index is 0.110. The Hall–Kier alpha value is -2.99. The second kappa shape index (κ2) is 7.27. The molecule has 0 aliphatic carbocycles. The maximum absolute atomic E-state index is 12.0. The number of urea groups is 1. The highest BCUT2D eigenvalue weighted by molar-refractivity contribution is 5.90. The number of methoxy groups -OCH3 is 1. The summed E-state index contributed by atoms with van der Waals surface area (Å²) in [7, 11) is 3.52. The molecule has 3 N–H and O–H groups in total. The van der Waals surface area contributed by atoms with Gasteiger partial charge in [-0.1, -0.05) is 18.2 Å². The molecule has 2 amide bonds. The number of nitrogens with one attached hydrogen (secondary N) is 2. The number of anilines is 1. The average molecular weight is 339 g/mol. The van der Waals surface area contributed by atoms with Gasteiger partial charge in [-0.25, -0.2) is 4.79 Å². The van der Waals surface area contributed by atoms with Crippen LogP contribution in [0.15, 0.2) is 54.7 Å². The number of aromatic nitrogens is 1. The van der Waals surface area contributed by atoms with Crippen LogP contribution in [0.1, 0.15) is 11.7 Å². The molecule has 1 atom stereocenters. The van der Waals surface area contributed by atoms with Crippen LogP contribution in [0, 0.1) is 0 Å². The Morgan fingerprint density at radius 1 is 1.24 bits per heavy atom. The number of nitrogens with zero attached hydrogens (tertiary/aromatic N) is 1.